The number of hydrogen-bond donors (Lipinski definition) is 1. The Kier molecular flexibility index (Phi) is 5.22. The molecule has 0 aliphatic carbocycles. The first-order valence-corrected chi connectivity index (χ1v) is 9.20. The van der Waals surface area contributed by atoms with E-state index in [-0.39, 0.29) is 11.1 Å². The van der Waals surface area contributed by atoms with E-state index in [9.17, 15) is 25.2 Å². The van der Waals surface area contributed by atoms with Crippen LogP contribution >= 0.6 is 7.81 Å². The van der Waals surface area contributed by atoms with E-state index in [0.29, 0.717) is 0 Å². The molecule has 0 bridgehead atoms. The van der Waals surface area contributed by atoms with Gasteiger partial charge in [0.2, 0.25) is 0 Å². The van der Waals surface area contributed by atoms with E-state index in [1.807, 2.05) is 19.2 Å². The van der Waals surface area contributed by atoms with Crippen molar-refractivity contribution in [3.8, 4) is 0 Å². The zero-order chi connectivity index (χ0) is 16.9. The zero-order valence-electron chi connectivity index (χ0n) is 11.4. The Labute approximate surface area is 127 Å². The summed E-state index contributed by atoms with van der Waals surface area (Å²) < 4.78 is 62.6. The van der Waals surface area contributed by atoms with Crippen LogP contribution < -0.4 is 4.72 Å². The maximum absolute atomic E-state index is 10.7. The van der Waals surface area contributed by atoms with Crippen LogP contribution in [0.3, 0.4) is 0 Å². The Balaban J connectivity index is 0.000000295. The molecule has 22 heavy (non-hydrogen) atoms. The molecule has 0 spiro atoms. The molecule has 0 amide bonds. The van der Waals surface area contributed by atoms with Crippen molar-refractivity contribution in [2.75, 3.05) is 7.05 Å². The Morgan fingerprint density at radius 1 is 0.682 bits per heavy atom. The first kappa shape index (κ1) is 18.8. The summed E-state index contributed by atoms with van der Waals surface area (Å²) in [7, 11) is -8.65. The quantitative estimate of drug-likeness (QED) is 0.388. The molecule has 0 aliphatic heterocycles. The van der Waals surface area contributed by atoms with Gasteiger partial charge in [-0.05, 0) is 24.3 Å². The fourth-order valence-corrected chi connectivity index (χ4v) is 3.09. The standard InChI is InChI=1S/C13H14NS.F6P/c1-14-15(12-8-4-2-5-9-12)13-10-6-3-7-11-13;1-7(2,3,4,5)6/h2-11,14H,1H3;/q+1;-1. The van der Waals surface area contributed by atoms with Crippen LogP contribution in [0.15, 0.2) is 70.5 Å². The maximum atomic E-state index is 9.87. The zero-order valence-corrected chi connectivity index (χ0v) is 13.1. The van der Waals surface area contributed by atoms with E-state index < -0.39 is 7.81 Å². The molecule has 0 aromatic heterocycles. The Morgan fingerprint density at radius 3 is 1.18 bits per heavy atom. The molecule has 0 fully saturated rings. The van der Waals surface area contributed by atoms with Crippen molar-refractivity contribution >= 4 is 18.9 Å². The number of rotatable bonds is 3. The second kappa shape index (κ2) is 6.10. The van der Waals surface area contributed by atoms with Crippen molar-refractivity contribution in [1.29, 1.82) is 0 Å². The van der Waals surface area contributed by atoms with Gasteiger partial charge in [0.25, 0.3) is 0 Å². The summed E-state index contributed by atoms with van der Waals surface area (Å²) in [5.74, 6) is 0. The van der Waals surface area contributed by atoms with E-state index >= 15 is 0 Å². The van der Waals surface area contributed by atoms with Crippen LogP contribution in [-0.4, -0.2) is 7.05 Å². The molecule has 2 aromatic rings. The van der Waals surface area contributed by atoms with Crippen LogP contribution in [0.25, 0.3) is 0 Å². The van der Waals surface area contributed by atoms with E-state index in [0.717, 1.165) is 0 Å². The van der Waals surface area contributed by atoms with Gasteiger partial charge >= 0.3 is 33.0 Å². The van der Waals surface area contributed by atoms with E-state index in [2.05, 4.69) is 53.3 Å². The van der Waals surface area contributed by atoms with E-state index in [1.54, 1.807) is 0 Å². The minimum absolute atomic E-state index is 0.00821. The molecule has 0 radical (unpaired) electrons. The molecule has 0 heterocycles. The summed E-state index contributed by atoms with van der Waals surface area (Å²) >= 11 is -0.00821. The molecule has 124 valence electrons. The number of halogens is 6. The van der Waals surface area contributed by atoms with Crippen LogP contribution in [0.4, 0.5) is 25.2 Å². The first-order chi connectivity index (χ1) is 9.86. The van der Waals surface area contributed by atoms with Gasteiger partial charge in [-0.1, -0.05) is 36.4 Å². The van der Waals surface area contributed by atoms with Crippen LogP contribution in [0, 0.1) is 0 Å². The van der Waals surface area contributed by atoms with Gasteiger partial charge in [0, 0.05) is 7.05 Å². The number of hydrogen-bond acceptors (Lipinski definition) is 1. The molecule has 0 saturated carbocycles. The van der Waals surface area contributed by atoms with Crippen LogP contribution in [0.2, 0.25) is 0 Å². The molecule has 2 rings (SSSR count). The van der Waals surface area contributed by atoms with E-state index in [4.69, 9.17) is 0 Å². The van der Waals surface area contributed by atoms with Gasteiger partial charge in [-0.3, -0.25) is 0 Å². The molecule has 0 saturated heterocycles. The van der Waals surface area contributed by atoms with Crippen molar-refractivity contribution < 1.29 is 25.2 Å². The van der Waals surface area contributed by atoms with Gasteiger partial charge in [0.1, 0.15) is 11.1 Å². The molecule has 2 aromatic carbocycles. The van der Waals surface area contributed by atoms with Gasteiger partial charge in [-0.15, -0.1) is 4.72 Å². The average Bonchev–Trinajstić information content (AvgIpc) is 2.38. The molecule has 0 unspecified atom stereocenters. The normalized spacial score (nSPS) is 14.5. The van der Waals surface area contributed by atoms with Crippen molar-refractivity contribution in [2.45, 2.75) is 9.79 Å². The Bertz CT molecular complexity index is 537. The fraction of sp³-hybridized carbons (Fsp3) is 0.0769. The Hall–Kier alpha value is -1.24. The van der Waals surface area contributed by atoms with Gasteiger partial charge in [-0.25, -0.2) is 0 Å². The predicted octanol–water partition coefficient (Wildman–Crippen LogP) is 6.24. The summed E-state index contributed by atoms with van der Waals surface area (Å²) in [6.45, 7) is 0. The predicted molar refractivity (Wildman–Crippen MR) is 79.4 cm³/mol. The summed E-state index contributed by atoms with van der Waals surface area (Å²) in [5, 5.41) is 0. The van der Waals surface area contributed by atoms with E-state index in [1.165, 1.54) is 9.79 Å². The van der Waals surface area contributed by atoms with Crippen LogP contribution in [0.1, 0.15) is 0 Å². The van der Waals surface area contributed by atoms with Crippen molar-refractivity contribution in [3.63, 3.8) is 0 Å². The fourth-order valence-electron chi connectivity index (χ4n) is 1.48. The molecular formula is C13H14F6NPS. The molecule has 1 nitrogen and oxygen atoms in total. The second-order valence-corrected chi connectivity index (χ2v) is 7.97. The summed E-state index contributed by atoms with van der Waals surface area (Å²) in [5.41, 5.74) is 0. The molecule has 0 aliphatic rings. The summed E-state index contributed by atoms with van der Waals surface area (Å²) in [4.78, 5) is 2.65. The van der Waals surface area contributed by atoms with Crippen LogP contribution in [-0.2, 0) is 11.1 Å². The van der Waals surface area contributed by atoms with Gasteiger partial charge in [0.15, 0.2) is 9.79 Å². The van der Waals surface area contributed by atoms with Crippen molar-refractivity contribution in [3.05, 3.63) is 60.7 Å². The molecular weight excluding hydrogens is 347 g/mol. The first-order valence-electron chi connectivity index (χ1n) is 5.95. The third-order valence-corrected chi connectivity index (χ3v) is 4.06. The summed E-state index contributed by atoms with van der Waals surface area (Å²) in [6.07, 6.45) is 0. The third kappa shape index (κ3) is 9.65. The van der Waals surface area contributed by atoms with Gasteiger partial charge in [-0.2, -0.15) is 0 Å². The van der Waals surface area contributed by atoms with Gasteiger partial charge in [0.05, 0.1) is 0 Å². The average molecular weight is 361 g/mol. The number of nitrogens with one attached hydrogen (secondary N) is 1. The monoisotopic (exact) mass is 361 g/mol. The Morgan fingerprint density at radius 2 is 0.955 bits per heavy atom. The van der Waals surface area contributed by atoms with Gasteiger partial charge < -0.3 is 0 Å². The van der Waals surface area contributed by atoms with Crippen LogP contribution in [0.5, 0.6) is 0 Å². The minimum atomic E-state index is -10.7. The molecule has 9 heteroatoms. The SMILES string of the molecule is CN[S+](c1ccccc1)c1ccccc1.F[P-](F)(F)(F)(F)F. The topological polar surface area (TPSA) is 12.0 Å². The van der Waals surface area contributed by atoms with Crippen molar-refractivity contribution in [1.82, 2.24) is 4.72 Å². The second-order valence-electron chi connectivity index (χ2n) is 4.09. The van der Waals surface area contributed by atoms with Crippen molar-refractivity contribution in [2.24, 2.45) is 0 Å². The number of benzene rings is 2. The summed E-state index contributed by atoms with van der Waals surface area (Å²) in [6, 6.07) is 21.0. The molecule has 1 N–H and O–H groups in total. The third-order valence-electron chi connectivity index (χ3n) is 2.16. The molecule has 0 atom stereocenters.